The lowest BCUT2D eigenvalue weighted by atomic mass is 10.1. The molecule has 4 nitrogen and oxygen atoms in total. The van der Waals surface area contributed by atoms with Gasteiger partial charge in [0, 0.05) is 10.1 Å². The molecule has 3 aromatic rings. The topological polar surface area (TPSA) is 55.4 Å². The van der Waals surface area contributed by atoms with E-state index in [1.807, 2.05) is 24.3 Å². The quantitative estimate of drug-likeness (QED) is 0.706. The lowest BCUT2D eigenvalue weighted by Gasteiger charge is -2.08. The number of benzene rings is 2. The molecule has 0 saturated heterocycles. The summed E-state index contributed by atoms with van der Waals surface area (Å²) in [7, 11) is 1.30. The Hall–Kier alpha value is -2.37. The van der Waals surface area contributed by atoms with Crippen molar-refractivity contribution in [3.05, 3.63) is 64.0 Å². The highest BCUT2D eigenvalue weighted by Gasteiger charge is 2.19. The van der Waals surface area contributed by atoms with Gasteiger partial charge in [-0.25, -0.2) is 4.79 Å². The molecule has 1 heterocycles. The Balaban J connectivity index is 1.96. The number of nitrogens with one attached hydrogen (secondary N) is 1. The molecule has 1 aromatic heterocycles. The Morgan fingerprint density at radius 3 is 2.52 bits per heavy atom. The zero-order valence-electron chi connectivity index (χ0n) is 12.1. The maximum absolute atomic E-state index is 12.5. The predicted molar refractivity (Wildman–Crippen MR) is 92.6 cm³/mol. The van der Waals surface area contributed by atoms with Crippen LogP contribution in [0.15, 0.2) is 48.5 Å². The number of thiophene rings is 1. The molecule has 2 aromatic carbocycles. The molecule has 0 aliphatic heterocycles. The Morgan fingerprint density at radius 1 is 1.09 bits per heavy atom. The summed E-state index contributed by atoms with van der Waals surface area (Å²) in [5, 5.41) is 3.98. The number of para-hydroxylation sites is 1. The van der Waals surface area contributed by atoms with Crippen LogP contribution >= 0.6 is 22.9 Å². The van der Waals surface area contributed by atoms with Crippen LogP contribution in [0.2, 0.25) is 5.02 Å². The van der Waals surface area contributed by atoms with E-state index in [4.69, 9.17) is 16.3 Å². The minimum Gasteiger partial charge on any atom is -0.465 e. The van der Waals surface area contributed by atoms with Crippen LogP contribution in [0.5, 0.6) is 0 Å². The van der Waals surface area contributed by atoms with Crippen LogP contribution < -0.4 is 5.32 Å². The fraction of sp³-hybridized carbons (Fsp3) is 0.0588. The highest BCUT2D eigenvalue weighted by Crippen LogP contribution is 2.35. The first-order valence-electron chi connectivity index (χ1n) is 6.77. The monoisotopic (exact) mass is 345 g/mol. The number of carbonyl (C=O) groups excluding carboxylic acids is 2. The standard InChI is InChI=1S/C17H12ClNO3S/c1-22-17(21)10-6-2-4-8-12(10)19-16(20)15-14(18)11-7-3-5-9-13(11)23-15/h2-9H,1H3,(H,19,20). The van der Waals surface area contributed by atoms with Crippen LogP contribution in [0.25, 0.3) is 10.1 Å². The third kappa shape index (κ3) is 2.93. The van der Waals surface area contributed by atoms with Crippen molar-refractivity contribution in [1.82, 2.24) is 0 Å². The molecule has 0 radical (unpaired) electrons. The van der Waals surface area contributed by atoms with E-state index in [0.29, 0.717) is 21.2 Å². The first kappa shape index (κ1) is 15.5. The maximum Gasteiger partial charge on any atom is 0.339 e. The van der Waals surface area contributed by atoms with Gasteiger partial charge in [0.15, 0.2) is 0 Å². The van der Waals surface area contributed by atoms with Gasteiger partial charge in [-0.15, -0.1) is 11.3 Å². The van der Waals surface area contributed by atoms with E-state index in [9.17, 15) is 9.59 Å². The number of amides is 1. The number of hydrogen-bond acceptors (Lipinski definition) is 4. The van der Waals surface area contributed by atoms with E-state index in [2.05, 4.69) is 5.32 Å². The van der Waals surface area contributed by atoms with Crippen molar-refractivity contribution in [2.45, 2.75) is 0 Å². The average molecular weight is 346 g/mol. The number of hydrogen-bond donors (Lipinski definition) is 1. The maximum atomic E-state index is 12.5. The van der Waals surface area contributed by atoms with Crippen molar-refractivity contribution < 1.29 is 14.3 Å². The molecule has 0 bridgehead atoms. The lowest BCUT2D eigenvalue weighted by Crippen LogP contribution is -2.14. The molecule has 116 valence electrons. The summed E-state index contributed by atoms with van der Waals surface area (Å²) < 4.78 is 5.66. The van der Waals surface area contributed by atoms with Gasteiger partial charge in [-0.3, -0.25) is 4.79 Å². The molecule has 0 saturated carbocycles. The second kappa shape index (κ2) is 6.40. The number of esters is 1. The molecular weight excluding hydrogens is 334 g/mol. The molecule has 23 heavy (non-hydrogen) atoms. The largest absolute Gasteiger partial charge is 0.465 e. The van der Waals surface area contributed by atoms with Crippen LogP contribution in [0.1, 0.15) is 20.0 Å². The van der Waals surface area contributed by atoms with Crippen molar-refractivity contribution in [2.75, 3.05) is 12.4 Å². The highest BCUT2D eigenvalue weighted by molar-refractivity contribution is 7.21. The van der Waals surface area contributed by atoms with E-state index < -0.39 is 5.97 Å². The van der Waals surface area contributed by atoms with Gasteiger partial charge in [-0.2, -0.15) is 0 Å². The summed E-state index contributed by atoms with van der Waals surface area (Å²) >= 11 is 7.62. The van der Waals surface area contributed by atoms with Crippen molar-refractivity contribution in [3.8, 4) is 0 Å². The number of ether oxygens (including phenoxy) is 1. The molecular formula is C17H12ClNO3S. The summed E-state index contributed by atoms with van der Waals surface area (Å²) in [6, 6.07) is 14.2. The first-order chi connectivity index (χ1) is 11.1. The zero-order chi connectivity index (χ0) is 16.4. The smallest absolute Gasteiger partial charge is 0.339 e. The number of halogens is 1. The minimum atomic E-state index is -0.511. The summed E-state index contributed by atoms with van der Waals surface area (Å²) in [5.74, 6) is -0.865. The van der Waals surface area contributed by atoms with Gasteiger partial charge in [0.25, 0.3) is 5.91 Å². The number of anilines is 1. The molecule has 1 amide bonds. The van der Waals surface area contributed by atoms with E-state index in [0.717, 1.165) is 10.1 Å². The highest BCUT2D eigenvalue weighted by atomic mass is 35.5. The van der Waals surface area contributed by atoms with Crippen LogP contribution in [-0.2, 0) is 4.74 Å². The third-order valence-corrected chi connectivity index (χ3v) is 5.00. The van der Waals surface area contributed by atoms with E-state index in [1.165, 1.54) is 18.4 Å². The molecule has 0 aliphatic rings. The molecule has 3 rings (SSSR count). The number of rotatable bonds is 3. The Morgan fingerprint density at radius 2 is 1.78 bits per heavy atom. The Kier molecular flexibility index (Phi) is 4.32. The van der Waals surface area contributed by atoms with Gasteiger partial charge < -0.3 is 10.1 Å². The van der Waals surface area contributed by atoms with Crippen LogP contribution in [0.3, 0.4) is 0 Å². The second-order valence-electron chi connectivity index (χ2n) is 4.73. The molecule has 6 heteroatoms. The second-order valence-corrected chi connectivity index (χ2v) is 6.16. The van der Waals surface area contributed by atoms with Crippen molar-refractivity contribution in [1.29, 1.82) is 0 Å². The van der Waals surface area contributed by atoms with Gasteiger partial charge in [0.1, 0.15) is 4.88 Å². The molecule has 0 atom stereocenters. The summed E-state index contributed by atoms with van der Waals surface area (Å²) in [5.41, 5.74) is 0.679. The predicted octanol–water partition coefficient (Wildman–Crippen LogP) is 4.59. The van der Waals surface area contributed by atoms with E-state index in [1.54, 1.807) is 24.3 Å². The Labute approximate surface area is 141 Å². The molecule has 1 N–H and O–H groups in total. The summed E-state index contributed by atoms with van der Waals surface area (Å²) in [6.45, 7) is 0. The van der Waals surface area contributed by atoms with E-state index >= 15 is 0 Å². The normalized spacial score (nSPS) is 10.5. The summed E-state index contributed by atoms with van der Waals surface area (Å²) in [6.07, 6.45) is 0. The average Bonchev–Trinajstić information content (AvgIpc) is 2.92. The van der Waals surface area contributed by atoms with Crippen LogP contribution in [0, 0.1) is 0 Å². The zero-order valence-corrected chi connectivity index (χ0v) is 13.7. The minimum absolute atomic E-state index is 0.292. The van der Waals surface area contributed by atoms with Gasteiger partial charge in [0.2, 0.25) is 0 Å². The van der Waals surface area contributed by atoms with Crippen molar-refractivity contribution in [2.24, 2.45) is 0 Å². The third-order valence-electron chi connectivity index (χ3n) is 3.32. The Bertz CT molecular complexity index is 904. The number of carbonyl (C=O) groups is 2. The lowest BCUT2D eigenvalue weighted by molar-refractivity contribution is 0.0602. The number of methoxy groups -OCH3 is 1. The summed E-state index contributed by atoms with van der Waals surface area (Å²) in [4.78, 5) is 24.7. The molecule has 0 aliphatic carbocycles. The van der Waals surface area contributed by atoms with Gasteiger partial charge in [0.05, 0.1) is 23.4 Å². The van der Waals surface area contributed by atoms with E-state index in [-0.39, 0.29) is 5.91 Å². The fourth-order valence-electron chi connectivity index (χ4n) is 2.22. The van der Waals surface area contributed by atoms with Crippen LogP contribution in [0.4, 0.5) is 5.69 Å². The first-order valence-corrected chi connectivity index (χ1v) is 7.97. The molecule has 0 spiro atoms. The molecule has 0 fully saturated rings. The number of fused-ring (bicyclic) bond motifs is 1. The van der Waals surface area contributed by atoms with Crippen molar-refractivity contribution >= 4 is 50.6 Å². The van der Waals surface area contributed by atoms with Gasteiger partial charge in [-0.05, 0) is 18.2 Å². The van der Waals surface area contributed by atoms with Gasteiger partial charge in [-0.1, -0.05) is 41.9 Å². The SMILES string of the molecule is COC(=O)c1ccccc1NC(=O)c1sc2ccccc2c1Cl. The molecule has 0 unspecified atom stereocenters. The fourth-order valence-corrected chi connectivity index (χ4v) is 3.63. The van der Waals surface area contributed by atoms with Gasteiger partial charge >= 0.3 is 5.97 Å². The van der Waals surface area contributed by atoms with Crippen molar-refractivity contribution in [3.63, 3.8) is 0 Å². The van der Waals surface area contributed by atoms with Crippen LogP contribution in [-0.4, -0.2) is 19.0 Å².